The van der Waals surface area contributed by atoms with Gasteiger partial charge in [0, 0.05) is 5.56 Å². The van der Waals surface area contributed by atoms with Gasteiger partial charge in [-0.3, -0.25) is 4.79 Å². The zero-order valence-electron chi connectivity index (χ0n) is 15.0. The van der Waals surface area contributed by atoms with Crippen molar-refractivity contribution >= 4 is 17.2 Å². The van der Waals surface area contributed by atoms with Gasteiger partial charge in [-0.05, 0) is 66.3 Å². The molecule has 3 heteroatoms. The maximum absolute atomic E-state index is 12.9. The van der Waals surface area contributed by atoms with Crippen LogP contribution < -0.4 is 5.32 Å². The molecular weight excluding hydrogens is 338 g/mol. The average molecular weight is 362 g/mol. The normalized spacial score (nSPS) is 14.5. The quantitative estimate of drug-likeness (QED) is 0.626. The fraction of sp³-hybridized carbons (Fsp3) is 0.261. The van der Waals surface area contributed by atoms with Gasteiger partial charge in [0.05, 0.1) is 10.9 Å². The molecule has 0 bridgehead atoms. The van der Waals surface area contributed by atoms with E-state index in [0.717, 1.165) is 22.4 Å². The molecule has 1 N–H and O–H groups in total. The summed E-state index contributed by atoms with van der Waals surface area (Å²) in [5, 5.41) is 5.17. The zero-order chi connectivity index (χ0) is 17.9. The summed E-state index contributed by atoms with van der Waals surface area (Å²) in [6.07, 6.45) is 4.91. The Kier molecular flexibility index (Phi) is 4.89. The van der Waals surface area contributed by atoms with Crippen LogP contribution in [0.25, 0.3) is 11.1 Å². The van der Waals surface area contributed by atoms with Gasteiger partial charge >= 0.3 is 0 Å². The van der Waals surface area contributed by atoms with Crippen LogP contribution in [-0.4, -0.2) is 5.91 Å². The van der Waals surface area contributed by atoms with Crippen molar-refractivity contribution in [3.63, 3.8) is 0 Å². The third-order valence-electron chi connectivity index (χ3n) is 5.18. The first kappa shape index (κ1) is 17.0. The average Bonchev–Trinajstić information content (AvgIpc) is 3.18. The summed E-state index contributed by atoms with van der Waals surface area (Å²) in [7, 11) is 0. The van der Waals surface area contributed by atoms with E-state index in [4.69, 9.17) is 0 Å². The second kappa shape index (κ2) is 7.46. The lowest BCUT2D eigenvalue weighted by atomic mass is 9.89. The van der Waals surface area contributed by atoms with Gasteiger partial charge in [-0.15, -0.1) is 11.3 Å². The molecule has 0 aliphatic heterocycles. The SMILES string of the molecule is CC(NC(=O)c1sccc1-c1ccccc1)c1ccc2c(c1)CCCC2. The number of carbonyl (C=O) groups excluding carboxylic acids is 1. The molecule has 1 amide bonds. The number of hydrogen-bond donors (Lipinski definition) is 1. The van der Waals surface area contributed by atoms with Crippen molar-refractivity contribution in [1.29, 1.82) is 0 Å². The lowest BCUT2D eigenvalue weighted by molar-refractivity contribution is 0.0944. The van der Waals surface area contributed by atoms with Crippen LogP contribution >= 0.6 is 11.3 Å². The minimum atomic E-state index is 0.000417. The second-order valence-electron chi connectivity index (χ2n) is 6.96. The van der Waals surface area contributed by atoms with E-state index in [2.05, 4.69) is 30.4 Å². The standard InChI is InChI=1S/C23H23NOS/c1-16(19-12-11-17-7-5-6-10-20(17)15-19)24-23(25)22-21(13-14-26-22)18-8-3-2-4-9-18/h2-4,8-9,11-16H,5-7,10H2,1H3,(H,24,25). The fourth-order valence-electron chi connectivity index (χ4n) is 3.70. The molecule has 0 saturated carbocycles. The number of thiophene rings is 1. The highest BCUT2D eigenvalue weighted by molar-refractivity contribution is 7.12. The largest absolute Gasteiger partial charge is 0.345 e. The lowest BCUT2D eigenvalue weighted by Gasteiger charge is -2.20. The predicted molar refractivity (Wildman–Crippen MR) is 109 cm³/mol. The molecule has 0 spiro atoms. The van der Waals surface area contributed by atoms with Crippen molar-refractivity contribution in [1.82, 2.24) is 5.32 Å². The van der Waals surface area contributed by atoms with E-state index >= 15 is 0 Å². The maximum Gasteiger partial charge on any atom is 0.262 e. The minimum absolute atomic E-state index is 0.000417. The summed E-state index contributed by atoms with van der Waals surface area (Å²) >= 11 is 1.50. The van der Waals surface area contributed by atoms with Crippen LogP contribution in [-0.2, 0) is 12.8 Å². The van der Waals surface area contributed by atoms with Crippen LogP contribution in [0.15, 0.2) is 60.0 Å². The molecule has 1 atom stereocenters. The van der Waals surface area contributed by atoms with Crippen molar-refractivity contribution in [3.05, 3.63) is 81.5 Å². The van der Waals surface area contributed by atoms with Gasteiger partial charge < -0.3 is 5.32 Å². The Hall–Kier alpha value is -2.39. The summed E-state index contributed by atoms with van der Waals surface area (Å²) in [5.74, 6) is 0.00377. The van der Waals surface area contributed by atoms with Gasteiger partial charge in [0.25, 0.3) is 5.91 Å². The Labute approximate surface area is 158 Å². The Bertz CT molecular complexity index is 913. The Morgan fingerprint density at radius 2 is 1.77 bits per heavy atom. The molecule has 1 aliphatic carbocycles. The van der Waals surface area contributed by atoms with E-state index in [1.165, 1.54) is 47.3 Å². The van der Waals surface area contributed by atoms with Crippen LogP contribution in [0.1, 0.15) is 52.2 Å². The minimum Gasteiger partial charge on any atom is -0.345 e. The lowest BCUT2D eigenvalue weighted by Crippen LogP contribution is -2.26. The molecule has 0 radical (unpaired) electrons. The molecule has 2 nitrogen and oxygen atoms in total. The number of nitrogens with one attached hydrogen (secondary N) is 1. The molecule has 0 fully saturated rings. The topological polar surface area (TPSA) is 29.1 Å². The van der Waals surface area contributed by atoms with Gasteiger partial charge in [0.1, 0.15) is 0 Å². The van der Waals surface area contributed by atoms with Crippen LogP contribution in [0.3, 0.4) is 0 Å². The number of carbonyl (C=O) groups is 1. The summed E-state index contributed by atoms with van der Waals surface area (Å²) in [6, 6.07) is 18.8. The van der Waals surface area contributed by atoms with Crippen molar-refractivity contribution in [2.75, 3.05) is 0 Å². The highest BCUT2D eigenvalue weighted by Crippen LogP contribution is 2.29. The predicted octanol–water partition coefficient (Wildman–Crippen LogP) is 5.78. The molecule has 1 heterocycles. The van der Waals surface area contributed by atoms with Gasteiger partial charge in [0.15, 0.2) is 0 Å². The molecular formula is C23H23NOS. The number of rotatable bonds is 4. The monoisotopic (exact) mass is 361 g/mol. The van der Waals surface area contributed by atoms with Crippen LogP contribution in [0.2, 0.25) is 0 Å². The summed E-state index contributed by atoms with van der Waals surface area (Å²) in [5.41, 5.74) is 6.21. The summed E-state index contributed by atoms with van der Waals surface area (Å²) in [6.45, 7) is 2.07. The van der Waals surface area contributed by atoms with Gasteiger partial charge in [-0.1, -0.05) is 48.5 Å². The number of amides is 1. The van der Waals surface area contributed by atoms with Crippen LogP contribution in [0.5, 0.6) is 0 Å². The smallest absolute Gasteiger partial charge is 0.262 e. The molecule has 0 saturated heterocycles. The van der Waals surface area contributed by atoms with E-state index in [1.807, 2.05) is 41.8 Å². The van der Waals surface area contributed by atoms with Crippen molar-refractivity contribution in [2.45, 2.75) is 38.6 Å². The molecule has 26 heavy (non-hydrogen) atoms. The van der Waals surface area contributed by atoms with E-state index in [9.17, 15) is 4.79 Å². The summed E-state index contributed by atoms with van der Waals surface area (Å²) < 4.78 is 0. The van der Waals surface area contributed by atoms with Crippen molar-refractivity contribution in [2.24, 2.45) is 0 Å². The molecule has 132 valence electrons. The highest BCUT2D eigenvalue weighted by Gasteiger charge is 2.18. The molecule has 3 aromatic rings. The molecule has 1 unspecified atom stereocenters. The van der Waals surface area contributed by atoms with Crippen molar-refractivity contribution in [3.8, 4) is 11.1 Å². The molecule has 2 aromatic carbocycles. The second-order valence-corrected chi connectivity index (χ2v) is 7.88. The Balaban J connectivity index is 1.53. The highest BCUT2D eigenvalue weighted by atomic mass is 32.1. The first-order chi connectivity index (χ1) is 12.7. The molecule has 4 rings (SSSR count). The van der Waals surface area contributed by atoms with Gasteiger partial charge in [-0.2, -0.15) is 0 Å². The van der Waals surface area contributed by atoms with E-state index in [0.29, 0.717) is 0 Å². The Morgan fingerprint density at radius 1 is 1.00 bits per heavy atom. The third-order valence-corrected chi connectivity index (χ3v) is 6.09. The van der Waals surface area contributed by atoms with Gasteiger partial charge in [-0.25, -0.2) is 0 Å². The van der Waals surface area contributed by atoms with Crippen molar-refractivity contribution < 1.29 is 4.79 Å². The Morgan fingerprint density at radius 3 is 2.58 bits per heavy atom. The first-order valence-corrected chi connectivity index (χ1v) is 10.2. The van der Waals surface area contributed by atoms with E-state index in [-0.39, 0.29) is 11.9 Å². The van der Waals surface area contributed by atoms with Gasteiger partial charge in [0.2, 0.25) is 0 Å². The number of aryl methyl sites for hydroxylation is 2. The number of hydrogen-bond acceptors (Lipinski definition) is 2. The number of fused-ring (bicyclic) bond motifs is 1. The zero-order valence-corrected chi connectivity index (χ0v) is 15.8. The first-order valence-electron chi connectivity index (χ1n) is 9.28. The van der Waals surface area contributed by atoms with E-state index in [1.54, 1.807) is 0 Å². The third kappa shape index (κ3) is 3.45. The molecule has 1 aromatic heterocycles. The molecule has 1 aliphatic rings. The summed E-state index contributed by atoms with van der Waals surface area (Å²) in [4.78, 5) is 13.7. The fourth-order valence-corrected chi connectivity index (χ4v) is 4.52. The number of benzene rings is 2. The van der Waals surface area contributed by atoms with E-state index < -0.39 is 0 Å². The maximum atomic E-state index is 12.9. The van der Waals surface area contributed by atoms with Crippen LogP contribution in [0, 0.1) is 0 Å². The van der Waals surface area contributed by atoms with Crippen LogP contribution in [0.4, 0.5) is 0 Å².